The lowest BCUT2D eigenvalue weighted by Gasteiger charge is -2.34. The van der Waals surface area contributed by atoms with Gasteiger partial charge in [-0.3, -0.25) is 9.69 Å². The van der Waals surface area contributed by atoms with Crippen molar-refractivity contribution in [2.75, 3.05) is 44.3 Å². The molecule has 2 aliphatic heterocycles. The topological polar surface area (TPSA) is 72.7 Å². The summed E-state index contributed by atoms with van der Waals surface area (Å²) < 4.78 is 13.4. The first kappa shape index (κ1) is 25.8. The predicted molar refractivity (Wildman–Crippen MR) is 145 cm³/mol. The van der Waals surface area contributed by atoms with Crippen LogP contribution in [-0.2, 0) is 23.1 Å². The molecule has 5 rings (SSSR count). The molecule has 0 saturated carbocycles. The van der Waals surface area contributed by atoms with E-state index in [0.29, 0.717) is 24.0 Å². The Morgan fingerprint density at radius 1 is 1.14 bits per heavy atom. The zero-order valence-corrected chi connectivity index (χ0v) is 22.1. The Balaban J connectivity index is 1.10. The summed E-state index contributed by atoms with van der Waals surface area (Å²) in [6.07, 6.45) is 10.5. The zero-order valence-electron chi connectivity index (χ0n) is 22.1. The number of aromatic nitrogens is 3. The van der Waals surface area contributed by atoms with Crippen molar-refractivity contribution >= 4 is 22.6 Å². The first-order valence-electron chi connectivity index (χ1n) is 13.7. The number of Topliss-reactive ketones (excluding diaryl/α,β-unsaturated/α-hetero) is 1. The molecule has 3 aromatic rings. The molecule has 0 N–H and O–H groups in total. The third kappa shape index (κ3) is 6.37. The maximum Gasteiger partial charge on any atom is 0.225 e. The van der Waals surface area contributed by atoms with Gasteiger partial charge in [-0.2, -0.15) is 0 Å². The second kappa shape index (κ2) is 12.2. The third-order valence-electron chi connectivity index (χ3n) is 7.73. The highest BCUT2D eigenvalue weighted by atomic mass is 16.7. The molecule has 198 valence electrons. The van der Waals surface area contributed by atoms with E-state index < -0.39 is 0 Å². The molecule has 2 fully saturated rings. The van der Waals surface area contributed by atoms with Gasteiger partial charge in [-0.25, -0.2) is 9.97 Å². The molecular weight excluding hydrogens is 466 g/mol. The highest BCUT2D eigenvalue weighted by molar-refractivity contribution is 5.96. The lowest BCUT2D eigenvalue weighted by atomic mass is 9.96. The van der Waals surface area contributed by atoms with E-state index in [1.54, 1.807) is 12.4 Å². The number of carbonyl (C=O) groups excluding carboxylic acids is 1. The fraction of sp³-hybridized carbons (Fsp3) is 0.552. The van der Waals surface area contributed by atoms with E-state index in [2.05, 4.69) is 68.8 Å². The standard InChI is InChI=1S/C29H39N5O3/c1-3-33(20-24-19-32(2)26-9-5-4-8-25(24)26)18-22-11-13-34(14-12-22)29-30-16-23(17-31-29)27(35)21-37-28-10-6-7-15-36-28/h4-5,8-9,16-17,19,22,28H,3,6-7,10-15,18,20-21H2,1-2H3. The maximum atomic E-state index is 12.5. The van der Waals surface area contributed by atoms with Gasteiger partial charge in [-0.1, -0.05) is 25.1 Å². The summed E-state index contributed by atoms with van der Waals surface area (Å²) in [5.41, 5.74) is 3.18. The van der Waals surface area contributed by atoms with Crippen molar-refractivity contribution in [1.29, 1.82) is 0 Å². The monoisotopic (exact) mass is 505 g/mol. The van der Waals surface area contributed by atoms with Crippen molar-refractivity contribution in [3.05, 3.63) is 54.0 Å². The maximum absolute atomic E-state index is 12.5. The quantitative estimate of drug-likeness (QED) is 0.377. The molecule has 0 amide bonds. The van der Waals surface area contributed by atoms with Crippen LogP contribution in [0, 0.1) is 5.92 Å². The minimum Gasteiger partial charge on any atom is -0.353 e. The van der Waals surface area contributed by atoms with E-state index >= 15 is 0 Å². The molecular formula is C29H39N5O3. The van der Waals surface area contributed by atoms with Gasteiger partial charge >= 0.3 is 0 Å². The number of carbonyl (C=O) groups is 1. The number of hydrogen-bond donors (Lipinski definition) is 0. The summed E-state index contributed by atoms with van der Waals surface area (Å²) in [7, 11) is 2.13. The number of para-hydroxylation sites is 1. The van der Waals surface area contributed by atoms with Crippen LogP contribution >= 0.6 is 0 Å². The summed E-state index contributed by atoms with van der Waals surface area (Å²) >= 11 is 0. The van der Waals surface area contributed by atoms with Crippen molar-refractivity contribution in [3.8, 4) is 0 Å². The van der Waals surface area contributed by atoms with E-state index in [4.69, 9.17) is 9.47 Å². The van der Waals surface area contributed by atoms with Gasteiger partial charge in [0.25, 0.3) is 0 Å². The van der Waals surface area contributed by atoms with Gasteiger partial charge in [0.1, 0.15) is 6.61 Å². The number of piperidine rings is 1. The van der Waals surface area contributed by atoms with Crippen molar-refractivity contribution in [2.24, 2.45) is 13.0 Å². The molecule has 37 heavy (non-hydrogen) atoms. The molecule has 0 radical (unpaired) electrons. The smallest absolute Gasteiger partial charge is 0.225 e. The Morgan fingerprint density at radius 2 is 1.92 bits per heavy atom. The van der Waals surface area contributed by atoms with Crippen molar-refractivity contribution < 1.29 is 14.3 Å². The SMILES string of the molecule is CCN(Cc1cn(C)c2ccccc12)CC1CCN(c2ncc(C(=O)COC3CCCCO3)cn2)CC1. The van der Waals surface area contributed by atoms with Gasteiger partial charge in [0.05, 0.1) is 5.56 Å². The predicted octanol–water partition coefficient (Wildman–Crippen LogP) is 4.43. The first-order chi connectivity index (χ1) is 18.1. The zero-order chi connectivity index (χ0) is 25.6. The Hall–Kier alpha value is -2.81. The minimum absolute atomic E-state index is 0.00543. The number of ether oxygens (including phenoxy) is 2. The third-order valence-corrected chi connectivity index (χ3v) is 7.73. The summed E-state index contributed by atoms with van der Waals surface area (Å²) in [5, 5.41) is 1.35. The number of benzene rings is 1. The molecule has 2 saturated heterocycles. The molecule has 0 spiro atoms. The van der Waals surface area contributed by atoms with Crippen molar-refractivity contribution in [3.63, 3.8) is 0 Å². The van der Waals surface area contributed by atoms with Gasteiger partial charge in [0, 0.05) is 69.3 Å². The number of nitrogens with zero attached hydrogens (tertiary/aromatic N) is 5. The van der Waals surface area contributed by atoms with E-state index in [1.165, 1.54) is 16.5 Å². The van der Waals surface area contributed by atoms with Crippen molar-refractivity contribution in [2.45, 2.75) is 51.9 Å². The highest BCUT2D eigenvalue weighted by Gasteiger charge is 2.24. The highest BCUT2D eigenvalue weighted by Crippen LogP contribution is 2.25. The van der Waals surface area contributed by atoms with Crippen LogP contribution in [0.15, 0.2) is 42.9 Å². The Morgan fingerprint density at radius 3 is 2.65 bits per heavy atom. The van der Waals surface area contributed by atoms with Crippen LogP contribution in [0.5, 0.6) is 0 Å². The molecule has 1 atom stereocenters. The minimum atomic E-state index is -0.269. The van der Waals surface area contributed by atoms with E-state index in [-0.39, 0.29) is 18.7 Å². The van der Waals surface area contributed by atoms with Gasteiger partial charge < -0.3 is 18.9 Å². The second-order valence-corrected chi connectivity index (χ2v) is 10.3. The molecule has 8 heteroatoms. The molecule has 1 aromatic carbocycles. The molecule has 4 heterocycles. The number of aryl methyl sites for hydroxylation is 1. The number of anilines is 1. The van der Waals surface area contributed by atoms with E-state index in [1.807, 2.05) is 0 Å². The van der Waals surface area contributed by atoms with E-state index in [9.17, 15) is 4.79 Å². The number of hydrogen-bond acceptors (Lipinski definition) is 7. The number of ketones is 1. The Bertz CT molecular complexity index is 1160. The van der Waals surface area contributed by atoms with Crippen LogP contribution in [0.2, 0.25) is 0 Å². The molecule has 1 unspecified atom stereocenters. The van der Waals surface area contributed by atoms with Gasteiger partial charge in [-0.15, -0.1) is 0 Å². The molecule has 8 nitrogen and oxygen atoms in total. The molecule has 0 bridgehead atoms. The number of rotatable bonds is 10. The molecule has 2 aliphatic rings. The van der Waals surface area contributed by atoms with Crippen LogP contribution in [0.3, 0.4) is 0 Å². The van der Waals surface area contributed by atoms with Gasteiger partial charge in [-0.05, 0) is 56.2 Å². The summed E-state index contributed by atoms with van der Waals surface area (Å²) in [6, 6.07) is 8.65. The summed E-state index contributed by atoms with van der Waals surface area (Å²) in [6.45, 7) is 7.96. The van der Waals surface area contributed by atoms with Crippen LogP contribution in [0.1, 0.15) is 54.9 Å². The Kier molecular flexibility index (Phi) is 8.48. The average Bonchev–Trinajstić information content (AvgIpc) is 3.27. The average molecular weight is 506 g/mol. The number of fused-ring (bicyclic) bond motifs is 1. The molecule has 2 aromatic heterocycles. The summed E-state index contributed by atoms with van der Waals surface area (Å²) in [4.78, 5) is 26.3. The molecule has 0 aliphatic carbocycles. The lowest BCUT2D eigenvalue weighted by molar-refractivity contribution is -0.155. The first-order valence-corrected chi connectivity index (χ1v) is 13.7. The Labute approximate surface area is 219 Å². The van der Waals surface area contributed by atoms with Crippen LogP contribution in [-0.4, -0.2) is 70.9 Å². The lowest BCUT2D eigenvalue weighted by Crippen LogP contribution is -2.39. The van der Waals surface area contributed by atoms with Crippen LogP contribution in [0.25, 0.3) is 10.9 Å². The van der Waals surface area contributed by atoms with E-state index in [0.717, 1.165) is 64.8 Å². The van der Waals surface area contributed by atoms with Crippen LogP contribution < -0.4 is 4.90 Å². The fourth-order valence-electron chi connectivity index (χ4n) is 5.50. The largest absolute Gasteiger partial charge is 0.353 e. The fourth-order valence-corrected chi connectivity index (χ4v) is 5.50. The van der Waals surface area contributed by atoms with Gasteiger partial charge in [0.2, 0.25) is 5.95 Å². The van der Waals surface area contributed by atoms with Gasteiger partial charge in [0.15, 0.2) is 12.1 Å². The second-order valence-electron chi connectivity index (χ2n) is 10.3. The van der Waals surface area contributed by atoms with Crippen LogP contribution in [0.4, 0.5) is 5.95 Å². The van der Waals surface area contributed by atoms with Crippen molar-refractivity contribution in [1.82, 2.24) is 19.4 Å². The normalized spacial score (nSPS) is 19.1. The summed E-state index contributed by atoms with van der Waals surface area (Å²) in [5.74, 6) is 1.26.